The third-order valence-corrected chi connectivity index (χ3v) is 6.02. The topological polar surface area (TPSA) is 57.5 Å². The van der Waals surface area contributed by atoms with E-state index in [1.807, 2.05) is 0 Å². The van der Waals surface area contributed by atoms with Crippen molar-refractivity contribution in [3.8, 4) is 0 Å². The molecule has 1 aliphatic carbocycles. The van der Waals surface area contributed by atoms with Crippen LogP contribution in [0.25, 0.3) is 0 Å². The Morgan fingerprint density at radius 1 is 0.893 bits per heavy atom. The highest BCUT2D eigenvalue weighted by Gasteiger charge is 2.18. The zero-order chi connectivity index (χ0) is 20.5. The second-order valence-corrected chi connectivity index (χ2v) is 8.53. The summed E-state index contributed by atoms with van der Waals surface area (Å²) in [7, 11) is 0. The molecule has 2 N–H and O–H groups in total. The van der Waals surface area contributed by atoms with E-state index in [9.17, 15) is 9.90 Å². The van der Waals surface area contributed by atoms with Crippen molar-refractivity contribution in [1.29, 1.82) is 0 Å². The molecular weight excluding hydrogens is 348 g/mol. The fourth-order valence-electron chi connectivity index (χ4n) is 4.17. The van der Waals surface area contributed by atoms with Crippen LogP contribution in [0.2, 0.25) is 0 Å². The summed E-state index contributed by atoms with van der Waals surface area (Å²) in [6, 6.07) is 0. The summed E-state index contributed by atoms with van der Waals surface area (Å²) in [5.74, 6) is 0.319. The number of aliphatic hydroxyl groups excluding tert-OH is 1. The van der Waals surface area contributed by atoms with Crippen LogP contribution in [0.3, 0.4) is 0 Å². The Bertz CT molecular complexity index is 433. The largest absolute Gasteiger partial charge is 0.479 e. The number of hydrogen-bond donors (Lipinski definition) is 2. The first-order valence-electron chi connectivity index (χ1n) is 11.9. The molecule has 1 aliphatic rings. The molecule has 0 radical (unpaired) electrons. The highest BCUT2D eigenvalue weighted by atomic mass is 16.4. The Labute approximate surface area is 173 Å². The summed E-state index contributed by atoms with van der Waals surface area (Å²) in [5.41, 5.74) is 0. The molecule has 1 saturated carbocycles. The first-order valence-corrected chi connectivity index (χ1v) is 11.9. The second kappa shape index (κ2) is 16.8. The van der Waals surface area contributed by atoms with Crippen LogP contribution in [0.1, 0.15) is 110 Å². The summed E-state index contributed by atoms with van der Waals surface area (Å²) >= 11 is 0. The van der Waals surface area contributed by atoms with Gasteiger partial charge in [0.2, 0.25) is 0 Å². The molecule has 0 bridgehead atoms. The van der Waals surface area contributed by atoms with Crippen LogP contribution in [-0.2, 0) is 4.79 Å². The molecule has 162 valence electrons. The van der Waals surface area contributed by atoms with Crippen molar-refractivity contribution < 1.29 is 15.0 Å². The van der Waals surface area contributed by atoms with E-state index in [0.717, 1.165) is 38.0 Å². The van der Waals surface area contributed by atoms with Gasteiger partial charge in [-0.3, -0.25) is 0 Å². The number of carbonyl (C=O) groups is 1. The van der Waals surface area contributed by atoms with E-state index < -0.39 is 12.1 Å². The lowest BCUT2D eigenvalue weighted by atomic mass is 9.85. The van der Waals surface area contributed by atoms with Crippen LogP contribution in [0.5, 0.6) is 0 Å². The maximum Gasteiger partial charge on any atom is 0.332 e. The summed E-state index contributed by atoms with van der Waals surface area (Å²) in [4.78, 5) is 10.6. The van der Waals surface area contributed by atoms with Gasteiger partial charge in [0, 0.05) is 0 Å². The number of carboxylic acids is 1. The second-order valence-electron chi connectivity index (χ2n) is 8.53. The van der Waals surface area contributed by atoms with Crippen LogP contribution in [0.4, 0.5) is 0 Å². The SMILES string of the molecule is CCCCC/C=C\C(/C=C\CCCCCCC(O)C(=O)O)C1CCCCCC1. The molecule has 3 heteroatoms. The molecule has 0 aromatic heterocycles. The standard InChI is InChI=1S/C25H44O3/c1-2-3-4-7-12-17-22(23-19-14-10-11-15-20-23)18-13-8-5-6-9-16-21-24(26)25(27)28/h12-13,17-18,22-24,26H,2-11,14-16,19-21H2,1H3,(H,27,28)/b17-12-,18-13-. The molecule has 0 saturated heterocycles. The molecular formula is C25H44O3. The zero-order valence-electron chi connectivity index (χ0n) is 18.2. The van der Waals surface area contributed by atoms with Crippen LogP contribution in [-0.4, -0.2) is 22.3 Å². The highest BCUT2D eigenvalue weighted by molar-refractivity contribution is 5.71. The number of carboxylic acid groups (broad SMARTS) is 1. The molecule has 0 aromatic rings. The van der Waals surface area contributed by atoms with Gasteiger partial charge in [0.15, 0.2) is 6.10 Å². The molecule has 0 aliphatic heterocycles. The Hall–Kier alpha value is -1.09. The molecule has 1 fully saturated rings. The maximum atomic E-state index is 10.6. The van der Waals surface area contributed by atoms with Crippen molar-refractivity contribution in [2.75, 3.05) is 0 Å². The van der Waals surface area contributed by atoms with Crippen LogP contribution in [0.15, 0.2) is 24.3 Å². The molecule has 0 amide bonds. The van der Waals surface area contributed by atoms with Gasteiger partial charge in [-0.25, -0.2) is 4.79 Å². The van der Waals surface area contributed by atoms with Gasteiger partial charge in [-0.05, 0) is 56.8 Å². The predicted molar refractivity (Wildman–Crippen MR) is 118 cm³/mol. The van der Waals surface area contributed by atoms with E-state index in [-0.39, 0.29) is 0 Å². The first-order chi connectivity index (χ1) is 13.6. The van der Waals surface area contributed by atoms with E-state index >= 15 is 0 Å². The van der Waals surface area contributed by atoms with Gasteiger partial charge in [-0.2, -0.15) is 0 Å². The average Bonchev–Trinajstić information content (AvgIpc) is 2.97. The maximum absolute atomic E-state index is 10.6. The number of unbranched alkanes of at least 4 members (excludes halogenated alkanes) is 7. The lowest BCUT2D eigenvalue weighted by molar-refractivity contribution is -0.146. The number of allylic oxidation sites excluding steroid dienone is 4. The minimum absolute atomic E-state index is 0.373. The normalized spacial score (nSPS) is 18.5. The van der Waals surface area contributed by atoms with Gasteiger partial charge in [0.25, 0.3) is 0 Å². The smallest absolute Gasteiger partial charge is 0.332 e. The molecule has 3 nitrogen and oxygen atoms in total. The third kappa shape index (κ3) is 12.4. The fourth-order valence-corrected chi connectivity index (χ4v) is 4.17. The first kappa shape index (κ1) is 24.9. The summed E-state index contributed by atoms with van der Waals surface area (Å²) < 4.78 is 0. The highest BCUT2D eigenvalue weighted by Crippen LogP contribution is 2.31. The van der Waals surface area contributed by atoms with E-state index in [4.69, 9.17) is 5.11 Å². The quantitative estimate of drug-likeness (QED) is 0.178. The zero-order valence-corrected chi connectivity index (χ0v) is 18.2. The van der Waals surface area contributed by atoms with Gasteiger partial charge in [0.05, 0.1) is 0 Å². The molecule has 0 aromatic carbocycles. The van der Waals surface area contributed by atoms with Crippen molar-refractivity contribution in [1.82, 2.24) is 0 Å². The Morgan fingerprint density at radius 3 is 2.04 bits per heavy atom. The monoisotopic (exact) mass is 392 g/mol. The number of aliphatic hydroxyl groups is 1. The summed E-state index contributed by atoms with van der Waals surface area (Å²) in [6.45, 7) is 2.26. The summed E-state index contributed by atoms with van der Waals surface area (Å²) in [6.07, 6.45) is 27.6. The number of rotatable bonds is 15. The Morgan fingerprint density at radius 2 is 1.46 bits per heavy atom. The van der Waals surface area contributed by atoms with Crippen LogP contribution in [0, 0.1) is 11.8 Å². The van der Waals surface area contributed by atoms with Gasteiger partial charge < -0.3 is 10.2 Å². The van der Waals surface area contributed by atoms with Gasteiger partial charge in [-0.1, -0.05) is 89.0 Å². The van der Waals surface area contributed by atoms with Gasteiger partial charge >= 0.3 is 5.97 Å². The van der Waals surface area contributed by atoms with E-state index in [1.165, 1.54) is 64.2 Å². The minimum atomic E-state index is -1.19. The Kier molecular flexibility index (Phi) is 15.0. The van der Waals surface area contributed by atoms with E-state index in [0.29, 0.717) is 12.3 Å². The van der Waals surface area contributed by atoms with Crippen LogP contribution >= 0.6 is 0 Å². The predicted octanol–water partition coefficient (Wildman–Crippen LogP) is 7.05. The molecule has 28 heavy (non-hydrogen) atoms. The van der Waals surface area contributed by atoms with Crippen molar-refractivity contribution in [3.05, 3.63) is 24.3 Å². The fraction of sp³-hybridized carbons (Fsp3) is 0.800. The van der Waals surface area contributed by atoms with Crippen molar-refractivity contribution in [2.45, 2.75) is 116 Å². The molecule has 0 spiro atoms. The van der Waals surface area contributed by atoms with Crippen LogP contribution < -0.4 is 0 Å². The van der Waals surface area contributed by atoms with Crippen molar-refractivity contribution in [3.63, 3.8) is 0 Å². The molecule has 0 heterocycles. The van der Waals surface area contributed by atoms with E-state index in [2.05, 4.69) is 31.2 Å². The summed E-state index contributed by atoms with van der Waals surface area (Å²) in [5, 5.41) is 17.9. The average molecular weight is 393 g/mol. The lowest BCUT2D eigenvalue weighted by Crippen LogP contribution is -2.18. The van der Waals surface area contributed by atoms with Crippen molar-refractivity contribution >= 4 is 5.97 Å². The lowest BCUT2D eigenvalue weighted by Gasteiger charge is -2.20. The van der Waals surface area contributed by atoms with Gasteiger partial charge in [0.1, 0.15) is 0 Å². The molecule has 1 rings (SSSR count). The van der Waals surface area contributed by atoms with E-state index in [1.54, 1.807) is 0 Å². The number of hydrogen-bond acceptors (Lipinski definition) is 2. The van der Waals surface area contributed by atoms with Gasteiger partial charge in [-0.15, -0.1) is 0 Å². The van der Waals surface area contributed by atoms with Crippen molar-refractivity contribution in [2.24, 2.45) is 11.8 Å². The minimum Gasteiger partial charge on any atom is -0.479 e. The Balaban J connectivity index is 2.32. The number of aliphatic carboxylic acids is 1. The third-order valence-electron chi connectivity index (χ3n) is 6.02. The molecule has 2 unspecified atom stereocenters. The molecule has 2 atom stereocenters.